The van der Waals surface area contributed by atoms with Gasteiger partial charge in [0.2, 0.25) is 0 Å². The van der Waals surface area contributed by atoms with Gasteiger partial charge in [-0.2, -0.15) is 5.10 Å². The van der Waals surface area contributed by atoms with E-state index in [9.17, 15) is 9.18 Å². The van der Waals surface area contributed by atoms with E-state index in [2.05, 4.69) is 25.5 Å². The van der Waals surface area contributed by atoms with E-state index < -0.39 is 5.82 Å². The Hall–Kier alpha value is -2.80. The average molecular weight is 346 g/mol. The van der Waals surface area contributed by atoms with Crippen LogP contribution < -0.4 is 5.32 Å². The molecule has 0 aliphatic rings. The Kier molecular flexibility index (Phi) is 4.81. The van der Waals surface area contributed by atoms with Gasteiger partial charge in [0.1, 0.15) is 17.3 Å². The number of aromatic amines is 1. The molecule has 0 spiro atoms. The standard InChI is InChI=1S/C16H13ClFN5O/c17-11-3-1-10(2-4-11)15-21-14(22-23-15)7-8-19-16(24)13-6-5-12(18)9-20-13/h1-6,9H,7-8H2,(H,19,24)(H,21,22,23). The van der Waals surface area contributed by atoms with Gasteiger partial charge in [0.25, 0.3) is 5.91 Å². The Morgan fingerprint density at radius 2 is 2.00 bits per heavy atom. The molecular formula is C16H13ClFN5O. The van der Waals surface area contributed by atoms with Crippen molar-refractivity contribution in [1.29, 1.82) is 0 Å². The maximum Gasteiger partial charge on any atom is 0.269 e. The van der Waals surface area contributed by atoms with E-state index in [1.165, 1.54) is 12.1 Å². The number of carbonyl (C=O) groups excluding carboxylic acids is 1. The van der Waals surface area contributed by atoms with Crippen molar-refractivity contribution in [2.24, 2.45) is 0 Å². The summed E-state index contributed by atoms with van der Waals surface area (Å²) < 4.78 is 12.8. The van der Waals surface area contributed by atoms with Crippen LogP contribution >= 0.6 is 11.6 Å². The molecule has 2 N–H and O–H groups in total. The van der Waals surface area contributed by atoms with Crippen LogP contribution in [0.15, 0.2) is 42.6 Å². The van der Waals surface area contributed by atoms with Gasteiger partial charge in [-0.25, -0.2) is 14.4 Å². The molecule has 2 aromatic heterocycles. The molecule has 0 radical (unpaired) electrons. The molecule has 1 amide bonds. The number of benzene rings is 1. The van der Waals surface area contributed by atoms with Crippen LogP contribution in [-0.2, 0) is 6.42 Å². The summed E-state index contributed by atoms with van der Waals surface area (Å²) >= 11 is 5.85. The fraction of sp³-hybridized carbons (Fsp3) is 0.125. The first kappa shape index (κ1) is 16.1. The lowest BCUT2D eigenvalue weighted by Gasteiger charge is -2.02. The number of hydrogen-bond acceptors (Lipinski definition) is 4. The van der Waals surface area contributed by atoms with E-state index in [1.54, 1.807) is 12.1 Å². The van der Waals surface area contributed by atoms with Gasteiger partial charge < -0.3 is 5.32 Å². The van der Waals surface area contributed by atoms with Crippen molar-refractivity contribution in [3.63, 3.8) is 0 Å². The largest absolute Gasteiger partial charge is 0.350 e. The van der Waals surface area contributed by atoms with Crippen LogP contribution in [0, 0.1) is 5.82 Å². The molecule has 122 valence electrons. The minimum atomic E-state index is -0.483. The highest BCUT2D eigenvalue weighted by atomic mass is 35.5. The summed E-state index contributed by atoms with van der Waals surface area (Å²) in [7, 11) is 0. The maximum absolute atomic E-state index is 12.8. The average Bonchev–Trinajstić information content (AvgIpc) is 3.05. The van der Waals surface area contributed by atoms with E-state index >= 15 is 0 Å². The first-order chi connectivity index (χ1) is 11.6. The lowest BCUT2D eigenvalue weighted by molar-refractivity contribution is 0.0949. The lowest BCUT2D eigenvalue weighted by atomic mass is 10.2. The Bertz CT molecular complexity index is 832. The molecule has 0 atom stereocenters. The van der Waals surface area contributed by atoms with Crippen LogP contribution in [0.1, 0.15) is 16.3 Å². The minimum Gasteiger partial charge on any atom is -0.350 e. The zero-order valence-electron chi connectivity index (χ0n) is 12.5. The zero-order valence-corrected chi connectivity index (χ0v) is 13.2. The monoisotopic (exact) mass is 345 g/mol. The molecule has 1 aromatic carbocycles. The van der Waals surface area contributed by atoms with Gasteiger partial charge in [-0.3, -0.25) is 9.89 Å². The third-order valence-electron chi connectivity index (χ3n) is 3.24. The number of pyridine rings is 1. The number of halogens is 2. The van der Waals surface area contributed by atoms with Gasteiger partial charge in [0.05, 0.1) is 6.20 Å². The molecule has 0 fully saturated rings. The fourth-order valence-electron chi connectivity index (χ4n) is 2.03. The lowest BCUT2D eigenvalue weighted by Crippen LogP contribution is -2.26. The molecule has 8 heteroatoms. The Balaban J connectivity index is 1.55. The molecule has 0 aliphatic heterocycles. The minimum absolute atomic E-state index is 0.163. The summed E-state index contributed by atoms with van der Waals surface area (Å²) in [6.07, 6.45) is 1.48. The second-order valence-corrected chi connectivity index (χ2v) is 5.42. The zero-order chi connectivity index (χ0) is 16.9. The van der Waals surface area contributed by atoms with Crippen LogP contribution in [0.5, 0.6) is 0 Å². The number of hydrogen-bond donors (Lipinski definition) is 2. The molecule has 3 aromatic rings. The van der Waals surface area contributed by atoms with Crippen LogP contribution in [-0.4, -0.2) is 32.6 Å². The van der Waals surface area contributed by atoms with Crippen molar-refractivity contribution in [2.75, 3.05) is 6.54 Å². The Morgan fingerprint density at radius 1 is 1.21 bits per heavy atom. The van der Waals surface area contributed by atoms with Gasteiger partial charge in [-0.05, 0) is 36.4 Å². The van der Waals surface area contributed by atoms with Crippen LogP contribution in [0.4, 0.5) is 4.39 Å². The molecule has 0 saturated heterocycles. The summed E-state index contributed by atoms with van der Waals surface area (Å²) in [5, 5.41) is 10.3. The quantitative estimate of drug-likeness (QED) is 0.744. The molecule has 0 unspecified atom stereocenters. The topological polar surface area (TPSA) is 83.6 Å². The van der Waals surface area contributed by atoms with E-state index in [0.717, 1.165) is 11.8 Å². The van der Waals surface area contributed by atoms with E-state index in [-0.39, 0.29) is 11.6 Å². The van der Waals surface area contributed by atoms with Gasteiger partial charge in [0, 0.05) is 23.6 Å². The van der Waals surface area contributed by atoms with Gasteiger partial charge in [-0.1, -0.05) is 11.6 Å². The Labute approximate surface area is 142 Å². The summed E-state index contributed by atoms with van der Waals surface area (Å²) in [5.41, 5.74) is 1.01. The van der Waals surface area contributed by atoms with E-state index in [1.807, 2.05) is 12.1 Å². The maximum atomic E-state index is 12.8. The number of amides is 1. The molecule has 6 nitrogen and oxygen atoms in total. The Morgan fingerprint density at radius 3 is 2.71 bits per heavy atom. The predicted octanol–water partition coefficient (Wildman–Crippen LogP) is 2.63. The SMILES string of the molecule is O=C(NCCc1nc(-c2ccc(Cl)cc2)n[nH]1)c1ccc(F)cn1. The van der Waals surface area contributed by atoms with Crippen molar-refractivity contribution in [3.8, 4) is 11.4 Å². The van der Waals surface area contributed by atoms with Gasteiger partial charge >= 0.3 is 0 Å². The number of nitrogens with zero attached hydrogens (tertiary/aromatic N) is 3. The van der Waals surface area contributed by atoms with Crippen molar-refractivity contribution < 1.29 is 9.18 Å². The molecular weight excluding hydrogens is 333 g/mol. The number of H-pyrrole nitrogens is 1. The van der Waals surface area contributed by atoms with Crippen molar-refractivity contribution in [2.45, 2.75) is 6.42 Å². The first-order valence-corrected chi connectivity index (χ1v) is 7.56. The van der Waals surface area contributed by atoms with Crippen LogP contribution in [0.25, 0.3) is 11.4 Å². The second kappa shape index (κ2) is 7.18. The fourth-order valence-corrected chi connectivity index (χ4v) is 2.16. The van der Waals surface area contributed by atoms with Crippen molar-refractivity contribution in [3.05, 3.63) is 65.0 Å². The molecule has 0 aliphatic carbocycles. The molecule has 3 rings (SSSR count). The predicted molar refractivity (Wildman–Crippen MR) is 87.1 cm³/mol. The summed E-state index contributed by atoms with van der Waals surface area (Å²) in [5.74, 6) is 0.357. The van der Waals surface area contributed by atoms with Crippen LogP contribution in [0.2, 0.25) is 5.02 Å². The highest BCUT2D eigenvalue weighted by molar-refractivity contribution is 6.30. The van der Waals surface area contributed by atoms with E-state index in [4.69, 9.17) is 11.6 Å². The van der Waals surface area contributed by atoms with Gasteiger partial charge in [0.15, 0.2) is 5.82 Å². The van der Waals surface area contributed by atoms with Crippen molar-refractivity contribution in [1.82, 2.24) is 25.5 Å². The molecule has 0 bridgehead atoms. The summed E-state index contributed by atoms with van der Waals surface area (Å²) in [4.78, 5) is 19.9. The highest BCUT2D eigenvalue weighted by Crippen LogP contribution is 2.17. The number of nitrogens with one attached hydrogen (secondary N) is 2. The highest BCUT2D eigenvalue weighted by Gasteiger charge is 2.09. The molecule has 2 heterocycles. The number of carbonyl (C=O) groups is 1. The number of aromatic nitrogens is 4. The molecule has 0 saturated carbocycles. The molecule has 24 heavy (non-hydrogen) atoms. The summed E-state index contributed by atoms with van der Waals surface area (Å²) in [6, 6.07) is 9.72. The third-order valence-corrected chi connectivity index (χ3v) is 3.49. The van der Waals surface area contributed by atoms with Crippen LogP contribution in [0.3, 0.4) is 0 Å². The smallest absolute Gasteiger partial charge is 0.269 e. The van der Waals surface area contributed by atoms with Gasteiger partial charge in [-0.15, -0.1) is 0 Å². The first-order valence-electron chi connectivity index (χ1n) is 7.19. The summed E-state index contributed by atoms with van der Waals surface area (Å²) in [6.45, 7) is 0.354. The second-order valence-electron chi connectivity index (χ2n) is 4.98. The van der Waals surface area contributed by atoms with Crippen molar-refractivity contribution >= 4 is 17.5 Å². The number of rotatable bonds is 5. The normalized spacial score (nSPS) is 10.6. The van der Waals surface area contributed by atoms with E-state index in [0.29, 0.717) is 29.6 Å². The third kappa shape index (κ3) is 3.94.